The summed E-state index contributed by atoms with van der Waals surface area (Å²) in [5.41, 5.74) is 0. The minimum atomic E-state index is -1.51. The standard InChI is InChI=1S/C18H22O3S/c1-2-3-4-8-15-20-16-11-13-18(14-12-16)22(19)21-17-9-6-5-7-10-17/h5-7,9-14H,2-4,8,15H2,1H3. The Bertz CT molecular complexity index is 567. The van der Waals surface area contributed by atoms with Gasteiger partial charge in [-0.25, -0.2) is 4.21 Å². The molecule has 1 unspecified atom stereocenters. The van der Waals surface area contributed by atoms with Crippen LogP contribution in [0.1, 0.15) is 32.6 Å². The molecule has 22 heavy (non-hydrogen) atoms. The molecule has 0 bridgehead atoms. The monoisotopic (exact) mass is 318 g/mol. The van der Waals surface area contributed by atoms with Crippen LogP contribution >= 0.6 is 0 Å². The molecule has 0 spiro atoms. The molecule has 0 N–H and O–H groups in total. The Labute approximate surface area is 134 Å². The maximum Gasteiger partial charge on any atom is 0.240 e. The first-order chi connectivity index (χ1) is 10.8. The maximum atomic E-state index is 12.1. The summed E-state index contributed by atoms with van der Waals surface area (Å²) in [6, 6.07) is 16.4. The van der Waals surface area contributed by atoms with E-state index in [-0.39, 0.29) is 0 Å². The first kappa shape index (κ1) is 16.6. The van der Waals surface area contributed by atoms with Crippen molar-refractivity contribution < 1.29 is 13.1 Å². The molecule has 0 aromatic heterocycles. The highest BCUT2D eigenvalue weighted by atomic mass is 32.2. The third-order valence-corrected chi connectivity index (χ3v) is 4.20. The van der Waals surface area contributed by atoms with Gasteiger partial charge in [0.15, 0.2) is 0 Å². The van der Waals surface area contributed by atoms with Gasteiger partial charge in [0.05, 0.1) is 11.5 Å². The van der Waals surface area contributed by atoms with Gasteiger partial charge in [0.2, 0.25) is 11.1 Å². The zero-order valence-corrected chi connectivity index (χ0v) is 13.7. The Kier molecular flexibility index (Phi) is 6.97. The van der Waals surface area contributed by atoms with Gasteiger partial charge in [0, 0.05) is 0 Å². The lowest BCUT2D eigenvalue weighted by Gasteiger charge is -2.07. The Morgan fingerprint density at radius 2 is 1.59 bits per heavy atom. The van der Waals surface area contributed by atoms with Crippen molar-refractivity contribution in [3.05, 3.63) is 54.6 Å². The molecular weight excluding hydrogens is 296 g/mol. The van der Waals surface area contributed by atoms with Crippen LogP contribution < -0.4 is 8.92 Å². The number of unbranched alkanes of at least 4 members (excludes halogenated alkanes) is 3. The molecular formula is C18H22O3S. The van der Waals surface area contributed by atoms with E-state index in [1.165, 1.54) is 19.3 Å². The molecule has 2 aromatic carbocycles. The summed E-state index contributed by atoms with van der Waals surface area (Å²) in [6.45, 7) is 2.92. The molecule has 0 radical (unpaired) electrons. The van der Waals surface area contributed by atoms with Crippen molar-refractivity contribution in [3.63, 3.8) is 0 Å². The molecule has 1 atom stereocenters. The zero-order chi connectivity index (χ0) is 15.6. The Hall–Kier alpha value is -1.81. The third-order valence-electron chi connectivity index (χ3n) is 3.20. The fourth-order valence-corrected chi connectivity index (χ4v) is 2.72. The average molecular weight is 318 g/mol. The molecule has 0 aliphatic carbocycles. The quantitative estimate of drug-likeness (QED) is 0.626. The first-order valence-electron chi connectivity index (χ1n) is 7.67. The third kappa shape index (κ3) is 5.53. The minimum Gasteiger partial charge on any atom is -0.494 e. The van der Waals surface area contributed by atoms with E-state index >= 15 is 0 Å². The van der Waals surface area contributed by atoms with Crippen LogP contribution in [-0.2, 0) is 11.1 Å². The van der Waals surface area contributed by atoms with Crippen molar-refractivity contribution in [1.82, 2.24) is 0 Å². The topological polar surface area (TPSA) is 35.5 Å². The molecule has 0 amide bonds. The predicted octanol–water partition coefficient (Wildman–Crippen LogP) is 4.75. The van der Waals surface area contributed by atoms with Crippen LogP contribution in [0.5, 0.6) is 11.5 Å². The molecule has 0 heterocycles. The Balaban J connectivity index is 1.82. The van der Waals surface area contributed by atoms with E-state index in [4.69, 9.17) is 8.92 Å². The molecule has 2 rings (SSSR count). The van der Waals surface area contributed by atoms with Crippen molar-refractivity contribution in [2.24, 2.45) is 0 Å². The zero-order valence-electron chi connectivity index (χ0n) is 12.9. The molecule has 3 nitrogen and oxygen atoms in total. The summed E-state index contributed by atoms with van der Waals surface area (Å²) in [7, 11) is 0. The van der Waals surface area contributed by atoms with Crippen molar-refractivity contribution in [1.29, 1.82) is 0 Å². The van der Waals surface area contributed by atoms with E-state index in [9.17, 15) is 4.21 Å². The van der Waals surface area contributed by atoms with Crippen LogP contribution in [0, 0.1) is 0 Å². The van der Waals surface area contributed by atoms with Crippen molar-refractivity contribution in [2.75, 3.05) is 6.61 Å². The van der Waals surface area contributed by atoms with E-state index in [2.05, 4.69) is 6.92 Å². The summed E-state index contributed by atoms with van der Waals surface area (Å²) in [6.07, 6.45) is 4.74. The fraction of sp³-hybridized carbons (Fsp3) is 0.333. The number of benzene rings is 2. The number of rotatable bonds is 9. The lowest BCUT2D eigenvalue weighted by Crippen LogP contribution is -2.01. The average Bonchev–Trinajstić information content (AvgIpc) is 2.56. The van der Waals surface area contributed by atoms with Gasteiger partial charge in [-0.05, 0) is 42.8 Å². The molecule has 2 aromatic rings. The molecule has 0 fully saturated rings. The van der Waals surface area contributed by atoms with E-state index in [0.29, 0.717) is 10.6 Å². The van der Waals surface area contributed by atoms with Crippen LogP contribution in [0.3, 0.4) is 0 Å². The smallest absolute Gasteiger partial charge is 0.240 e. The number of hydrogen-bond donors (Lipinski definition) is 0. The number of hydrogen-bond acceptors (Lipinski definition) is 3. The minimum absolute atomic E-state index is 0.595. The summed E-state index contributed by atoms with van der Waals surface area (Å²) >= 11 is -1.51. The van der Waals surface area contributed by atoms with Gasteiger partial charge >= 0.3 is 0 Å². The predicted molar refractivity (Wildman–Crippen MR) is 89.6 cm³/mol. The molecule has 0 saturated carbocycles. The van der Waals surface area contributed by atoms with Crippen molar-refractivity contribution >= 4 is 11.1 Å². The van der Waals surface area contributed by atoms with Crippen LogP contribution in [0.25, 0.3) is 0 Å². The van der Waals surface area contributed by atoms with E-state index in [1.807, 2.05) is 30.3 Å². The number of para-hydroxylation sites is 1. The lowest BCUT2D eigenvalue weighted by atomic mass is 10.2. The highest BCUT2D eigenvalue weighted by molar-refractivity contribution is 7.80. The van der Waals surface area contributed by atoms with Gasteiger partial charge in [0.25, 0.3) is 0 Å². The Morgan fingerprint density at radius 3 is 2.27 bits per heavy atom. The van der Waals surface area contributed by atoms with Crippen LogP contribution in [0.4, 0.5) is 0 Å². The highest BCUT2D eigenvalue weighted by Crippen LogP contribution is 2.18. The molecule has 118 valence electrons. The van der Waals surface area contributed by atoms with Crippen LogP contribution in [-0.4, -0.2) is 10.8 Å². The van der Waals surface area contributed by atoms with Crippen molar-refractivity contribution in [2.45, 2.75) is 37.5 Å². The van der Waals surface area contributed by atoms with E-state index in [1.54, 1.807) is 24.3 Å². The van der Waals surface area contributed by atoms with E-state index in [0.717, 1.165) is 18.8 Å². The second-order valence-corrected chi connectivity index (χ2v) is 6.12. The van der Waals surface area contributed by atoms with Gasteiger partial charge in [0.1, 0.15) is 11.5 Å². The highest BCUT2D eigenvalue weighted by Gasteiger charge is 2.06. The van der Waals surface area contributed by atoms with E-state index < -0.39 is 11.1 Å². The van der Waals surface area contributed by atoms with Gasteiger partial charge in [-0.1, -0.05) is 44.4 Å². The van der Waals surface area contributed by atoms with Crippen molar-refractivity contribution in [3.8, 4) is 11.5 Å². The summed E-state index contributed by atoms with van der Waals surface area (Å²) < 4.78 is 23.2. The molecule has 0 saturated heterocycles. The van der Waals surface area contributed by atoms with Gasteiger partial charge in [-0.3, -0.25) is 0 Å². The normalized spacial score (nSPS) is 11.9. The van der Waals surface area contributed by atoms with Gasteiger partial charge in [-0.2, -0.15) is 0 Å². The number of ether oxygens (including phenoxy) is 1. The van der Waals surface area contributed by atoms with Gasteiger partial charge < -0.3 is 8.92 Å². The van der Waals surface area contributed by atoms with Gasteiger partial charge in [-0.15, -0.1) is 0 Å². The molecule has 0 aliphatic rings. The van der Waals surface area contributed by atoms with Crippen LogP contribution in [0.2, 0.25) is 0 Å². The Morgan fingerprint density at radius 1 is 0.864 bits per heavy atom. The first-order valence-corrected chi connectivity index (χ1v) is 8.75. The maximum absolute atomic E-state index is 12.1. The summed E-state index contributed by atoms with van der Waals surface area (Å²) in [5, 5.41) is 0. The lowest BCUT2D eigenvalue weighted by molar-refractivity contribution is 0.305. The fourth-order valence-electron chi connectivity index (χ4n) is 1.98. The SMILES string of the molecule is CCCCCCOc1ccc(S(=O)Oc2ccccc2)cc1. The molecule has 4 heteroatoms. The van der Waals surface area contributed by atoms with Crippen LogP contribution in [0.15, 0.2) is 59.5 Å². The summed E-state index contributed by atoms with van der Waals surface area (Å²) in [4.78, 5) is 0.627. The largest absolute Gasteiger partial charge is 0.494 e. The second kappa shape index (κ2) is 9.26. The second-order valence-electron chi connectivity index (χ2n) is 5.01. The molecule has 0 aliphatic heterocycles. The summed E-state index contributed by atoms with van der Waals surface area (Å²) in [5.74, 6) is 1.40.